The third-order valence-corrected chi connectivity index (χ3v) is 3.99. The molecule has 0 unspecified atom stereocenters. The molecule has 0 aliphatic rings. The summed E-state index contributed by atoms with van der Waals surface area (Å²) in [6.07, 6.45) is -2.43. The minimum atomic E-state index is -2.43. The van der Waals surface area contributed by atoms with Gasteiger partial charge in [-0.3, -0.25) is 5.73 Å². The molecule has 1 heterocycles. The molecule has 0 bridgehead atoms. The highest BCUT2D eigenvalue weighted by Gasteiger charge is 2.21. The predicted octanol–water partition coefficient (Wildman–Crippen LogP) is 3.81. The molecule has 0 aliphatic carbocycles. The van der Waals surface area contributed by atoms with Gasteiger partial charge in [0.2, 0.25) is 0 Å². The van der Waals surface area contributed by atoms with E-state index in [0.29, 0.717) is 11.4 Å². The van der Waals surface area contributed by atoms with Crippen molar-refractivity contribution < 1.29 is 13.5 Å². The molecule has 1 aromatic carbocycles. The number of hydrogen-bond donors (Lipinski definition) is 2. The Morgan fingerprint density at radius 3 is 2.59 bits per heavy atom. The summed E-state index contributed by atoms with van der Waals surface area (Å²) in [5.74, 6) is 0.178. The van der Waals surface area contributed by atoms with Gasteiger partial charge < -0.3 is 10.1 Å². The number of nitrogens with zero attached hydrogens (tertiary/aromatic N) is 3. The smallest absolute Gasteiger partial charge is 0.260 e. The Hall–Kier alpha value is -2.61. The zero-order chi connectivity index (χ0) is 20.2. The molecule has 0 saturated heterocycles. The standard InChI is InChI=1S/C19H25F2N5O/c1-11-6-15(18(26-23-5)27-10-22)25-17-13(11)7-12(24-9-16(20)21)8-14(17)19(2,3)4/h6-8,16,24H,5,9-10,22H2,1-4H3/b26-18-. The minimum absolute atomic E-state index is 0.0737. The lowest BCUT2D eigenvalue weighted by atomic mass is 9.84. The largest absolute Gasteiger partial charge is 0.459 e. The van der Waals surface area contributed by atoms with Crippen LogP contribution in [0, 0.1) is 6.92 Å². The molecule has 27 heavy (non-hydrogen) atoms. The fraction of sp³-hybridized carbons (Fsp3) is 0.421. The molecule has 0 saturated carbocycles. The number of rotatable bonds is 6. The molecule has 0 atom stereocenters. The Balaban J connectivity index is 2.71. The molecule has 1 aromatic heterocycles. The van der Waals surface area contributed by atoms with Crippen LogP contribution < -0.4 is 11.1 Å². The second-order valence-electron chi connectivity index (χ2n) is 7.12. The highest BCUT2D eigenvalue weighted by Crippen LogP contribution is 2.34. The first kappa shape index (κ1) is 20.7. The molecule has 0 amide bonds. The van der Waals surface area contributed by atoms with Gasteiger partial charge in [0.1, 0.15) is 12.4 Å². The molecule has 2 aromatic rings. The zero-order valence-corrected chi connectivity index (χ0v) is 16.0. The quantitative estimate of drug-likeness (QED) is 0.347. The van der Waals surface area contributed by atoms with E-state index >= 15 is 0 Å². The maximum Gasteiger partial charge on any atom is 0.260 e. The monoisotopic (exact) mass is 377 g/mol. The maximum atomic E-state index is 12.6. The molecular formula is C19H25F2N5O. The van der Waals surface area contributed by atoms with Crippen molar-refractivity contribution in [2.24, 2.45) is 15.9 Å². The van der Waals surface area contributed by atoms with Gasteiger partial charge in [0.15, 0.2) is 0 Å². The number of fused-ring (bicyclic) bond motifs is 1. The van der Waals surface area contributed by atoms with Crippen molar-refractivity contribution in [2.75, 3.05) is 18.6 Å². The molecule has 0 spiro atoms. The minimum Gasteiger partial charge on any atom is -0.459 e. The SMILES string of the molecule is C=N/N=C(\OCN)c1cc(C)c2cc(NCC(F)F)cc(C(C)(C)C)c2n1. The van der Waals surface area contributed by atoms with Crippen LogP contribution in [-0.4, -0.2) is 37.3 Å². The third-order valence-electron chi connectivity index (χ3n) is 3.99. The topological polar surface area (TPSA) is 84.9 Å². The second kappa shape index (κ2) is 8.39. The normalized spacial score (nSPS) is 12.5. The summed E-state index contributed by atoms with van der Waals surface area (Å²) in [4.78, 5) is 4.70. The van der Waals surface area contributed by atoms with Crippen LogP contribution in [0.2, 0.25) is 0 Å². The fourth-order valence-corrected chi connectivity index (χ4v) is 2.77. The molecule has 0 fully saturated rings. The number of alkyl halides is 2. The lowest BCUT2D eigenvalue weighted by Gasteiger charge is -2.23. The summed E-state index contributed by atoms with van der Waals surface area (Å²) in [7, 11) is 0. The summed E-state index contributed by atoms with van der Waals surface area (Å²) in [5.41, 5.74) is 8.88. The van der Waals surface area contributed by atoms with Gasteiger partial charge in [-0.1, -0.05) is 20.8 Å². The van der Waals surface area contributed by atoms with Crippen molar-refractivity contribution in [1.29, 1.82) is 0 Å². The Morgan fingerprint density at radius 1 is 1.33 bits per heavy atom. The molecule has 0 radical (unpaired) electrons. The number of benzene rings is 1. The number of halogens is 2. The molecule has 146 valence electrons. The molecule has 8 heteroatoms. The Labute approximate surface area is 157 Å². The van der Waals surface area contributed by atoms with E-state index in [1.807, 2.05) is 39.8 Å². The van der Waals surface area contributed by atoms with E-state index in [0.717, 1.165) is 22.0 Å². The van der Waals surface area contributed by atoms with E-state index in [2.05, 4.69) is 22.2 Å². The number of hydrogen-bond acceptors (Lipinski definition) is 6. The lowest BCUT2D eigenvalue weighted by molar-refractivity contribution is 0.163. The summed E-state index contributed by atoms with van der Waals surface area (Å²) in [5, 5.41) is 11.0. The van der Waals surface area contributed by atoms with Gasteiger partial charge in [0, 0.05) is 17.8 Å². The summed E-state index contributed by atoms with van der Waals surface area (Å²) >= 11 is 0. The second-order valence-corrected chi connectivity index (χ2v) is 7.12. The van der Waals surface area contributed by atoms with Gasteiger partial charge in [0.25, 0.3) is 12.3 Å². The van der Waals surface area contributed by atoms with E-state index in [-0.39, 0.29) is 18.0 Å². The Morgan fingerprint density at radius 2 is 2.04 bits per heavy atom. The van der Waals surface area contributed by atoms with E-state index in [4.69, 9.17) is 15.5 Å². The van der Waals surface area contributed by atoms with Gasteiger partial charge in [-0.2, -0.15) is 5.10 Å². The van der Waals surface area contributed by atoms with Crippen LogP contribution in [0.4, 0.5) is 14.5 Å². The highest BCUT2D eigenvalue weighted by molar-refractivity contribution is 5.97. The van der Waals surface area contributed by atoms with E-state index < -0.39 is 13.0 Å². The molecule has 3 N–H and O–H groups in total. The van der Waals surface area contributed by atoms with Crippen LogP contribution in [0.25, 0.3) is 10.9 Å². The first-order chi connectivity index (χ1) is 12.7. The zero-order valence-electron chi connectivity index (χ0n) is 16.0. The van der Waals surface area contributed by atoms with Crippen molar-refractivity contribution >= 4 is 29.2 Å². The Kier molecular flexibility index (Phi) is 6.43. The van der Waals surface area contributed by atoms with Gasteiger partial charge in [-0.25, -0.2) is 13.8 Å². The molecular weight excluding hydrogens is 352 g/mol. The number of aromatic nitrogens is 1. The van der Waals surface area contributed by atoms with Crippen molar-refractivity contribution in [1.82, 2.24) is 4.98 Å². The lowest BCUT2D eigenvalue weighted by Crippen LogP contribution is -2.18. The van der Waals surface area contributed by atoms with Crippen LogP contribution in [0.15, 0.2) is 28.4 Å². The average Bonchev–Trinajstić information content (AvgIpc) is 2.58. The summed E-state index contributed by atoms with van der Waals surface area (Å²) < 4.78 is 30.5. The van der Waals surface area contributed by atoms with Gasteiger partial charge >= 0.3 is 0 Å². The number of nitrogens with two attached hydrogens (primary N) is 1. The summed E-state index contributed by atoms with van der Waals surface area (Å²) in [6.45, 7) is 10.9. The molecule has 0 aliphatic heterocycles. The maximum absolute atomic E-state index is 12.6. The van der Waals surface area contributed by atoms with Crippen LogP contribution in [0.1, 0.15) is 37.6 Å². The van der Waals surface area contributed by atoms with Crippen molar-refractivity contribution in [3.05, 3.63) is 35.0 Å². The van der Waals surface area contributed by atoms with Gasteiger partial charge in [-0.15, -0.1) is 5.10 Å². The fourth-order valence-electron chi connectivity index (χ4n) is 2.77. The van der Waals surface area contributed by atoms with E-state index in [1.54, 1.807) is 6.07 Å². The third kappa shape index (κ3) is 4.97. The van der Waals surface area contributed by atoms with Crippen LogP contribution in [0.3, 0.4) is 0 Å². The number of anilines is 1. The number of nitrogens with one attached hydrogen (secondary N) is 1. The van der Waals surface area contributed by atoms with E-state index in [1.165, 1.54) is 0 Å². The summed E-state index contributed by atoms with van der Waals surface area (Å²) in [6, 6.07) is 5.48. The van der Waals surface area contributed by atoms with Crippen molar-refractivity contribution in [3.63, 3.8) is 0 Å². The number of ether oxygens (including phenoxy) is 1. The van der Waals surface area contributed by atoms with Crippen molar-refractivity contribution in [2.45, 2.75) is 39.5 Å². The van der Waals surface area contributed by atoms with Gasteiger partial charge in [0.05, 0.1) is 12.1 Å². The highest BCUT2D eigenvalue weighted by atomic mass is 19.3. The number of pyridine rings is 1. The van der Waals surface area contributed by atoms with Gasteiger partial charge in [-0.05, 0) is 41.7 Å². The van der Waals surface area contributed by atoms with Crippen LogP contribution in [-0.2, 0) is 10.2 Å². The molecule has 2 rings (SSSR count). The number of aryl methyl sites for hydroxylation is 1. The Bertz CT molecular complexity index is 859. The van der Waals surface area contributed by atoms with Crippen molar-refractivity contribution in [3.8, 4) is 0 Å². The average molecular weight is 377 g/mol. The first-order valence-corrected chi connectivity index (χ1v) is 8.52. The molecule has 6 nitrogen and oxygen atoms in total. The van der Waals surface area contributed by atoms with Crippen LogP contribution >= 0.6 is 0 Å². The predicted molar refractivity (Wildman–Crippen MR) is 106 cm³/mol. The first-order valence-electron chi connectivity index (χ1n) is 8.52. The van der Waals surface area contributed by atoms with E-state index in [9.17, 15) is 8.78 Å². The van der Waals surface area contributed by atoms with Crippen LogP contribution in [0.5, 0.6) is 0 Å².